The lowest BCUT2D eigenvalue weighted by Crippen LogP contribution is -2.25. The van der Waals surface area contributed by atoms with Crippen LogP contribution >= 0.6 is 0 Å². The minimum absolute atomic E-state index is 0.0450. The minimum atomic E-state index is -0.246. The maximum absolute atomic E-state index is 13.6. The van der Waals surface area contributed by atoms with Crippen LogP contribution in [0.5, 0.6) is 17.2 Å². The number of pyridine rings is 1. The third-order valence-corrected chi connectivity index (χ3v) is 8.16. The number of aromatic nitrogens is 2. The molecule has 0 spiro atoms. The third kappa shape index (κ3) is 7.21. The number of nitrogens with zero attached hydrogens (tertiary/aromatic N) is 2. The maximum Gasteiger partial charge on any atom is 0.221 e. The van der Waals surface area contributed by atoms with Crippen molar-refractivity contribution >= 4 is 16.8 Å². The molecule has 2 aromatic heterocycles. The van der Waals surface area contributed by atoms with Gasteiger partial charge in [-0.05, 0) is 70.3 Å². The average Bonchev–Trinajstić information content (AvgIpc) is 3.47. The number of amides is 1. The molecular weight excluding hydrogens is 574 g/mol. The van der Waals surface area contributed by atoms with Gasteiger partial charge in [0.05, 0.1) is 14.2 Å². The first kappa shape index (κ1) is 30.5. The van der Waals surface area contributed by atoms with Gasteiger partial charge in [0.15, 0.2) is 11.5 Å². The molecule has 1 amide bonds. The lowest BCUT2D eigenvalue weighted by Gasteiger charge is -2.20. The number of nitrogens with one attached hydrogen (secondary N) is 1. The number of carbonyl (C=O) groups excluding carboxylic acids is 1. The molecular formula is C39H37N3O4. The maximum atomic E-state index is 13.6. The Kier molecular flexibility index (Phi) is 9.59. The number of para-hydroxylation sites is 1. The van der Waals surface area contributed by atoms with Crippen molar-refractivity contribution < 1.29 is 19.0 Å². The highest BCUT2D eigenvalue weighted by molar-refractivity contribution is 5.87. The zero-order chi connectivity index (χ0) is 31.7. The van der Waals surface area contributed by atoms with Gasteiger partial charge in [-0.3, -0.25) is 9.78 Å². The summed E-state index contributed by atoms with van der Waals surface area (Å²) in [5.74, 6) is 1.81. The number of hydrogen-bond donors (Lipinski definition) is 1. The molecule has 6 aromatic rings. The van der Waals surface area contributed by atoms with Crippen LogP contribution in [0.1, 0.15) is 40.2 Å². The molecule has 0 unspecified atom stereocenters. The summed E-state index contributed by atoms with van der Waals surface area (Å²) >= 11 is 0. The normalized spacial score (nSPS) is 11.6. The molecule has 0 saturated heterocycles. The Bertz CT molecular complexity index is 1890. The second kappa shape index (κ2) is 14.5. The summed E-state index contributed by atoms with van der Waals surface area (Å²) in [6, 6.07) is 36.3. The van der Waals surface area contributed by atoms with E-state index in [0.29, 0.717) is 31.2 Å². The number of methoxy groups -OCH3 is 2. The minimum Gasteiger partial charge on any atom is -0.497 e. The van der Waals surface area contributed by atoms with Crippen molar-refractivity contribution in [3.05, 3.63) is 156 Å². The van der Waals surface area contributed by atoms with E-state index in [-0.39, 0.29) is 18.2 Å². The fraction of sp³-hybridized carbons (Fsp3) is 0.179. The van der Waals surface area contributed by atoms with Crippen molar-refractivity contribution in [2.45, 2.75) is 32.0 Å². The Morgan fingerprint density at radius 2 is 1.54 bits per heavy atom. The molecule has 0 saturated carbocycles. The molecule has 1 atom stereocenters. The smallest absolute Gasteiger partial charge is 0.221 e. The number of hydrogen-bond acceptors (Lipinski definition) is 5. The standard InChI is InChI=1S/C39H37N3O4/c1-44-32-15-12-29(13-16-32)25-42-26-35(33-10-6-7-11-36(33)42)34(23-39(43)41-24-28-18-20-40-21-19-28)31-14-17-37(45-2)38(22-31)46-27-30-8-4-3-5-9-30/h3-22,26,34H,23-25,27H2,1-2H3,(H,41,43)/t34-/m1/s1. The van der Waals surface area contributed by atoms with Gasteiger partial charge in [0.1, 0.15) is 12.4 Å². The Morgan fingerprint density at radius 1 is 0.783 bits per heavy atom. The van der Waals surface area contributed by atoms with Crippen LogP contribution in [-0.2, 0) is 24.5 Å². The fourth-order valence-electron chi connectivity index (χ4n) is 5.74. The average molecular weight is 612 g/mol. The number of carbonyl (C=O) groups is 1. The first-order valence-corrected chi connectivity index (χ1v) is 15.3. The SMILES string of the molecule is COc1ccc(Cn2cc([C@H](CC(=O)NCc3ccncc3)c3ccc(OC)c(OCc4ccccc4)c3)c3ccccc32)cc1. The van der Waals surface area contributed by atoms with Crippen molar-refractivity contribution in [3.8, 4) is 17.2 Å². The lowest BCUT2D eigenvalue weighted by molar-refractivity contribution is -0.121. The Balaban J connectivity index is 1.36. The van der Waals surface area contributed by atoms with Crippen LogP contribution in [0.3, 0.4) is 0 Å². The predicted molar refractivity (Wildman–Crippen MR) is 180 cm³/mol. The Labute approximate surface area is 269 Å². The van der Waals surface area contributed by atoms with Gasteiger partial charge >= 0.3 is 0 Å². The van der Waals surface area contributed by atoms with Gasteiger partial charge in [-0.1, -0.05) is 66.7 Å². The van der Waals surface area contributed by atoms with E-state index < -0.39 is 0 Å². The van der Waals surface area contributed by atoms with Crippen LogP contribution in [-0.4, -0.2) is 29.7 Å². The highest BCUT2D eigenvalue weighted by Crippen LogP contribution is 2.39. The van der Waals surface area contributed by atoms with Gasteiger partial charge in [0.25, 0.3) is 0 Å². The molecule has 2 heterocycles. The van der Waals surface area contributed by atoms with E-state index in [1.807, 2.05) is 78.9 Å². The van der Waals surface area contributed by atoms with E-state index in [0.717, 1.165) is 44.5 Å². The van der Waals surface area contributed by atoms with E-state index in [1.54, 1.807) is 26.6 Å². The molecule has 4 aromatic carbocycles. The molecule has 232 valence electrons. The molecule has 46 heavy (non-hydrogen) atoms. The van der Waals surface area contributed by atoms with Crippen LogP contribution in [0, 0.1) is 0 Å². The van der Waals surface area contributed by atoms with Crippen LogP contribution in [0.25, 0.3) is 10.9 Å². The number of ether oxygens (including phenoxy) is 3. The first-order chi connectivity index (χ1) is 22.6. The molecule has 7 heteroatoms. The number of fused-ring (bicyclic) bond motifs is 1. The van der Waals surface area contributed by atoms with Crippen molar-refractivity contribution in [3.63, 3.8) is 0 Å². The summed E-state index contributed by atoms with van der Waals surface area (Å²) in [5.41, 5.74) is 6.35. The zero-order valence-corrected chi connectivity index (χ0v) is 26.1. The first-order valence-electron chi connectivity index (χ1n) is 15.3. The largest absolute Gasteiger partial charge is 0.497 e. The quantitative estimate of drug-likeness (QED) is 0.146. The van der Waals surface area contributed by atoms with Crippen LogP contribution in [0.2, 0.25) is 0 Å². The molecule has 0 aliphatic rings. The lowest BCUT2D eigenvalue weighted by atomic mass is 9.87. The van der Waals surface area contributed by atoms with Crippen LogP contribution in [0.15, 0.2) is 128 Å². The molecule has 0 bridgehead atoms. The zero-order valence-electron chi connectivity index (χ0n) is 26.1. The number of benzene rings is 4. The van der Waals surface area contributed by atoms with Crippen molar-refractivity contribution in [1.82, 2.24) is 14.9 Å². The molecule has 7 nitrogen and oxygen atoms in total. The van der Waals surface area contributed by atoms with E-state index in [1.165, 1.54) is 0 Å². The molecule has 0 radical (unpaired) electrons. The van der Waals surface area contributed by atoms with Gasteiger partial charge in [-0.2, -0.15) is 0 Å². The molecule has 1 N–H and O–H groups in total. The summed E-state index contributed by atoms with van der Waals surface area (Å²) in [5, 5.41) is 4.22. The predicted octanol–water partition coefficient (Wildman–Crippen LogP) is 7.52. The summed E-state index contributed by atoms with van der Waals surface area (Å²) in [7, 11) is 3.31. The van der Waals surface area contributed by atoms with E-state index >= 15 is 0 Å². The summed E-state index contributed by atoms with van der Waals surface area (Å²) < 4.78 is 19.6. The van der Waals surface area contributed by atoms with Gasteiger partial charge in [-0.25, -0.2) is 0 Å². The molecule has 6 rings (SSSR count). The van der Waals surface area contributed by atoms with Gasteiger partial charge in [0.2, 0.25) is 5.91 Å². The Hall–Kier alpha value is -5.56. The summed E-state index contributed by atoms with van der Waals surface area (Å²) in [4.78, 5) is 17.7. The van der Waals surface area contributed by atoms with Crippen molar-refractivity contribution in [2.75, 3.05) is 14.2 Å². The Morgan fingerprint density at radius 3 is 2.30 bits per heavy atom. The molecule has 0 aliphatic carbocycles. The van der Waals surface area contributed by atoms with E-state index in [9.17, 15) is 4.79 Å². The van der Waals surface area contributed by atoms with Crippen molar-refractivity contribution in [2.24, 2.45) is 0 Å². The highest BCUT2D eigenvalue weighted by atomic mass is 16.5. The van der Waals surface area contributed by atoms with Gasteiger partial charge < -0.3 is 24.1 Å². The fourth-order valence-corrected chi connectivity index (χ4v) is 5.74. The second-order valence-electron chi connectivity index (χ2n) is 11.2. The topological polar surface area (TPSA) is 74.6 Å². The summed E-state index contributed by atoms with van der Waals surface area (Å²) in [6.07, 6.45) is 5.91. The molecule has 0 aliphatic heterocycles. The molecule has 0 fully saturated rings. The van der Waals surface area contributed by atoms with Gasteiger partial charge in [0, 0.05) is 54.9 Å². The van der Waals surface area contributed by atoms with Crippen LogP contribution < -0.4 is 19.5 Å². The monoisotopic (exact) mass is 611 g/mol. The van der Waals surface area contributed by atoms with E-state index in [4.69, 9.17) is 14.2 Å². The summed E-state index contributed by atoms with van der Waals surface area (Å²) in [6.45, 7) is 1.51. The van der Waals surface area contributed by atoms with Gasteiger partial charge in [-0.15, -0.1) is 0 Å². The number of rotatable bonds is 13. The second-order valence-corrected chi connectivity index (χ2v) is 11.2. The van der Waals surface area contributed by atoms with Crippen molar-refractivity contribution in [1.29, 1.82) is 0 Å². The third-order valence-electron chi connectivity index (χ3n) is 8.16. The van der Waals surface area contributed by atoms with E-state index in [2.05, 4.69) is 51.4 Å². The highest BCUT2D eigenvalue weighted by Gasteiger charge is 2.24. The van der Waals surface area contributed by atoms with Crippen LogP contribution in [0.4, 0.5) is 0 Å².